The van der Waals surface area contributed by atoms with E-state index in [4.69, 9.17) is 0 Å². The van der Waals surface area contributed by atoms with Crippen LogP contribution in [0.2, 0.25) is 0 Å². The van der Waals surface area contributed by atoms with Gasteiger partial charge in [0.05, 0.1) is 11.4 Å². The molecule has 0 saturated heterocycles. The highest BCUT2D eigenvalue weighted by Gasteiger charge is 2.00. The monoisotopic (exact) mass is 277 g/mol. The Hall–Kier alpha value is -2.39. The molecule has 0 spiro atoms. The molecule has 3 rings (SSSR count). The molecule has 0 aliphatic rings. The summed E-state index contributed by atoms with van der Waals surface area (Å²) < 4.78 is 1.91. The maximum atomic E-state index is 4.58. The van der Waals surface area contributed by atoms with Gasteiger partial charge in [0.25, 0.3) is 0 Å². The maximum absolute atomic E-state index is 4.58. The lowest BCUT2D eigenvalue weighted by Gasteiger charge is -2.04. The molecule has 3 nitrogen and oxygen atoms in total. The lowest BCUT2D eigenvalue weighted by atomic mass is 10.1. The van der Waals surface area contributed by atoms with Crippen LogP contribution in [-0.4, -0.2) is 9.78 Å². The van der Waals surface area contributed by atoms with E-state index in [0.717, 1.165) is 24.5 Å². The number of rotatable bonds is 5. The average molecular weight is 277 g/mol. The van der Waals surface area contributed by atoms with Gasteiger partial charge in [0.1, 0.15) is 0 Å². The molecule has 0 saturated carbocycles. The Labute approximate surface area is 125 Å². The van der Waals surface area contributed by atoms with Gasteiger partial charge in [0, 0.05) is 19.3 Å². The number of hydrogen-bond donors (Lipinski definition) is 1. The third-order valence-corrected chi connectivity index (χ3v) is 3.42. The summed E-state index contributed by atoms with van der Waals surface area (Å²) in [4.78, 5) is 0. The fraction of sp³-hybridized carbons (Fsp3) is 0.167. The first-order valence-corrected chi connectivity index (χ1v) is 7.17. The van der Waals surface area contributed by atoms with Crippen molar-refractivity contribution in [3.8, 4) is 5.69 Å². The minimum absolute atomic E-state index is 0.772. The van der Waals surface area contributed by atoms with Crippen molar-refractivity contribution in [1.29, 1.82) is 0 Å². The topological polar surface area (TPSA) is 29.9 Å². The molecule has 1 N–H and O–H groups in total. The van der Waals surface area contributed by atoms with E-state index >= 15 is 0 Å². The number of hydrogen-bond acceptors (Lipinski definition) is 2. The van der Waals surface area contributed by atoms with Gasteiger partial charge < -0.3 is 5.32 Å². The zero-order valence-electron chi connectivity index (χ0n) is 12.2. The summed E-state index contributed by atoms with van der Waals surface area (Å²) in [6.45, 7) is 3.74. The smallest absolute Gasteiger partial charge is 0.0766 e. The molecule has 3 aromatic rings. The normalized spacial score (nSPS) is 10.7. The summed E-state index contributed by atoms with van der Waals surface area (Å²) >= 11 is 0. The van der Waals surface area contributed by atoms with Crippen LogP contribution in [0.15, 0.2) is 66.9 Å². The highest BCUT2D eigenvalue weighted by molar-refractivity contribution is 5.30. The van der Waals surface area contributed by atoms with Gasteiger partial charge in [-0.15, -0.1) is 0 Å². The van der Waals surface area contributed by atoms with Crippen LogP contribution < -0.4 is 5.32 Å². The van der Waals surface area contributed by atoms with Crippen molar-refractivity contribution in [1.82, 2.24) is 15.1 Å². The van der Waals surface area contributed by atoms with Crippen molar-refractivity contribution in [3.63, 3.8) is 0 Å². The molecule has 106 valence electrons. The molecule has 0 radical (unpaired) electrons. The number of benzene rings is 2. The SMILES string of the molecule is Cc1ccc(CNCc2ccn(-c3ccccc3)n2)cc1. The van der Waals surface area contributed by atoms with Crippen molar-refractivity contribution in [2.45, 2.75) is 20.0 Å². The highest BCUT2D eigenvalue weighted by Crippen LogP contribution is 2.07. The first-order chi connectivity index (χ1) is 10.3. The number of nitrogens with one attached hydrogen (secondary N) is 1. The van der Waals surface area contributed by atoms with Crippen LogP contribution in [0.5, 0.6) is 0 Å². The maximum Gasteiger partial charge on any atom is 0.0766 e. The predicted molar refractivity (Wildman–Crippen MR) is 85.3 cm³/mol. The molecule has 0 bridgehead atoms. The van der Waals surface area contributed by atoms with Crippen LogP contribution in [-0.2, 0) is 13.1 Å². The molecule has 1 aromatic heterocycles. The van der Waals surface area contributed by atoms with Crippen LogP contribution in [0.4, 0.5) is 0 Å². The van der Waals surface area contributed by atoms with Gasteiger partial charge in [-0.1, -0.05) is 48.0 Å². The average Bonchev–Trinajstić information content (AvgIpc) is 2.99. The van der Waals surface area contributed by atoms with Gasteiger partial charge in [0.15, 0.2) is 0 Å². The van der Waals surface area contributed by atoms with E-state index in [1.807, 2.05) is 29.1 Å². The minimum atomic E-state index is 0.772. The Bertz CT molecular complexity index is 684. The van der Waals surface area contributed by atoms with Gasteiger partial charge >= 0.3 is 0 Å². The molecule has 1 heterocycles. The van der Waals surface area contributed by atoms with Gasteiger partial charge in [-0.2, -0.15) is 5.10 Å². The molecule has 0 atom stereocenters. The summed E-state index contributed by atoms with van der Waals surface area (Å²) in [5.74, 6) is 0. The summed E-state index contributed by atoms with van der Waals surface area (Å²) in [6.07, 6.45) is 2.00. The summed E-state index contributed by atoms with van der Waals surface area (Å²) in [6, 6.07) is 20.8. The fourth-order valence-electron chi connectivity index (χ4n) is 2.22. The van der Waals surface area contributed by atoms with E-state index in [0.29, 0.717) is 0 Å². The molecule has 0 aliphatic carbocycles. The molecule has 0 fully saturated rings. The Kier molecular flexibility index (Phi) is 4.12. The molecule has 0 amide bonds. The largest absolute Gasteiger partial charge is 0.307 e. The fourth-order valence-corrected chi connectivity index (χ4v) is 2.22. The van der Waals surface area contributed by atoms with Gasteiger partial charge in [-0.3, -0.25) is 0 Å². The predicted octanol–water partition coefficient (Wildman–Crippen LogP) is 3.47. The molecule has 0 aliphatic heterocycles. The summed E-state index contributed by atoms with van der Waals surface area (Å²) in [7, 11) is 0. The molecular weight excluding hydrogens is 258 g/mol. The summed E-state index contributed by atoms with van der Waals surface area (Å²) in [5.41, 5.74) is 4.72. The molecular formula is C18H19N3. The lowest BCUT2D eigenvalue weighted by Crippen LogP contribution is -2.13. The van der Waals surface area contributed by atoms with E-state index in [9.17, 15) is 0 Å². The van der Waals surface area contributed by atoms with Crippen molar-refractivity contribution < 1.29 is 0 Å². The molecule has 21 heavy (non-hydrogen) atoms. The molecule has 2 aromatic carbocycles. The van der Waals surface area contributed by atoms with Crippen molar-refractivity contribution >= 4 is 0 Å². The van der Waals surface area contributed by atoms with Crippen molar-refractivity contribution in [2.75, 3.05) is 0 Å². The Balaban J connectivity index is 1.57. The zero-order chi connectivity index (χ0) is 14.5. The summed E-state index contributed by atoms with van der Waals surface area (Å²) in [5, 5.41) is 8.01. The second-order valence-corrected chi connectivity index (χ2v) is 5.18. The third kappa shape index (κ3) is 3.58. The number of nitrogens with zero attached hydrogens (tertiary/aromatic N) is 2. The first-order valence-electron chi connectivity index (χ1n) is 7.17. The third-order valence-electron chi connectivity index (χ3n) is 3.42. The van der Waals surface area contributed by atoms with Crippen LogP contribution in [0, 0.1) is 6.92 Å². The minimum Gasteiger partial charge on any atom is -0.307 e. The van der Waals surface area contributed by atoms with Crippen molar-refractivity contribution in [2.24, 2.45) is 0 Å². The zero-order valence-corrected chi connectivity index (χ0v) is 12.2. The van der Waals surface area contributed by atoms with Crippen LogP contribution in [0.1, 0.15) is 16.8 Å². The molecule has 3 heteroatoms. The number of aryl methyl sites for hydroxylation is 1. The molecule has 0 unspecified atom stereocenters. The van der Waals surface area contributed by atoms with Crippen LogP contribution in [0.3, 0.4) is 0 Å². The van der Waals surface area contributed by atoms with Gasteiger partial charge in [0.2, 0.25) is 0 Å². The van der Waals surface area contributed by atoms with Crippen molar-refractivity contribution in [3.05, 3.63) is 83.7 Å². The van der Waals surface area contributed by atoms with E-state index in [1.54, 1.807) is 0 Å². The number of aromatic nitrogens is 2. The van der Waals surface area contributed by atoms with Gasteiger partial charge in [-0.05, 0) is 30.7 Å². The van der Waals surface area contributed by atoms with Crippen LogP contribution >= 0.6 is 0 Å². The highest BCUT2D eigenvalue weighted by atomic mass is 15.3. The second-order valence-electron chi connectivity index (χ2n) is 5.18. The lowest BCUT2D eigenvalue weighted by molar-refractivity contribution is 0.669. The van der Waals surface area contributed by atoms with E-state index < -0.39 is 0 Å². The Morgan fingerprint density at radius 2 is 1.67 bits per heavy atom. The quantitative estimate of drug-likeness (QED) is 0.774. The van der Waals surface area contributed by atoms with E-state index in [2.05, 4.69) is 59.8 Å². The van der Waals surface area contributed by atoms with E-state index in [1.165, 1.54) is 11.1 Å². The van der Waals surface area contributed by atoms with Crippen LogP contribution in [0.25, 0.3) is 5.69 Å². The second kappa shape index (κ2) is 6.37. The number of para-hydroxylation sites is 1. The standard InChI is InChI=1S/C18H19N3/c1-15-7-9-16(10-8-15)13-19-14-17-11-12-21(20-17)18-5-3-2-4-6-18/h2-12,19H,13-14H2,1H3. The van der Waals surface area contributed by atoms with E-state index in [-0.39, 0.29) is 0 Å². The Morgan fingerprint density at radius 1 is 0.905 bits per heavy atom. The van der Waals surface area contributed by atoms with Gasteiger partial charge in [-0.25, -0.2) is 4.68 Å². The Morgan fingerprint density at radius 3 is 2.43 bits per heavy atom. The first kappa shape index (κ1) is 13.6.